The highest BCUT2D eigenvalue weighted by molar-refractivity contribution is 6.06. The molecule has 0 fully saturated rings. The summed E-state index contributed by atoms with van der Waals surface area (Å²) in [5.74, 6) is 0.319. The van der Waals surface area contributed by atoms with E-state index in [0.29, 0.717) is 23.5 Å². The Morgan fingerprint density at radius 1 is 1.42 bits per heavy atom. The molecule has 2 rings (SSSR count). The van der Waals surface area contributed by atoms with Gasteiger partial charge in [-0.3, -0.25) is 9.48 Å². The van der Waals surface area contributed by atoms with Crippen LogP contribution in [-0.4, -0.2) is 37.9 Å². The Balaban J connectivity index is 2.20. The van der Waals surface area contributed by atoms with Gasteiger partial charge in [-0.15, -0.1) is 0 Å². The molecule has 0 spiro atoms. The minimum Gasteiger partial charge on any atom is -0.388 e. The zero-order valence-corrected chi connectivity index (χ0v) is 15.5. The highest BCUT2D eigenvalue weighted by Gasteiger charge is 2.23. The predicted octanol–water partition coefficient (Wildman–Crippen LogP) is 2.50. The molecule has 0 aliphatic carbocycles. The van der Waals surface area contributed by atoms with Crippen LogP contribution in [0.1, 0.15) is 55.4 Å². The second-order valence-corrected chi connectivity index (χ2v) is 7.33. The summed E-state index contributed by atoms with van der Waals surface area (Å²) >= 11 is 0. The van der Waals surface area contributed by atoms with Gasteiger partial charge in [0.25, 0.3) is 5.91 Å². The SMILES string of the molecule is Cc1cc(C(=O)NCC(C)(O)CCC(C)C)c2c(C)nn(C)c2n1. The van der Waals surface area contributed by atoms with Crippen molar-refractivity contribution in [1.29, 1.82) is 0 Å². The predicted molar refractivity (Wildman–Crippen MR) is 95.0 cm³/mol. The fraction of sp³-hybridized carbons (Fsp3) is 0.611. The van der Waals surface area contributed by atoms with Crippen LogP contribution in [0.2, 0.25) is 0 Å². The average Bonchev–Trinajstić information content (AvgIpc) is 2.77. The number of pyridine rings is 1. The van der Waals surface area contributed by atoms with Crippen molar-refractivity contribution in [3.05, 3.63) is 23.0 Å². The van der Waals surface area contributed by atoms with Crippen LogP contribution in [0.15, 0.2) is 6.07 Å². The summed E-state index contributed by atoms with van der Waals surface area (Å²) in [5.41, 5.74) is 1.89. The molecule has 1 unspecified atom stereocenters. The van der Waals surface area contributed by atoms with Gasteiger partial charge in [0.1, 0.15) is 0 Å². The lowest BCUT2D eigenvalue weighted by Gasteiger charge is -2.24. The van der Waals surface area contributed by atoms with Crippen molar-refractivity contribution < 1.29 is 9.90 Å². The van der Waals surface area contributed by atoms with E-state index in [-0.39, 0.29) is 12.5 Å². The zero-order valence-electron chi connectivity index (χ0n) is 15.5. The average molecular weight is 332 g/mol. The number of nitrogens with one attached hydrogen (secondary N) is 1. The van der Waals surface area contributed by atoms with Gasteiger partial charge in [-0.05, 0) is 45.6 Å². The third kappa shape index (κ3) is 4.12. The smallest absolute Gasteiger partial charge is 0.252 e. The van der Waals surface area contributed by atoms with E-state index < -0.39 is 5.60 Å². The molecular weight excluding hydrogens is 304 g/mol. The fourth-order valence-corrected chi connectivity index (χ4v) is 2.80. The molecule has 1 amide bonds. The molecule has 0 aromatic carbocycles. The number of carbonyl (C=O) groups is 1. The van der Waals surface area contributed by atoms with E-state index in [1.807, 2.05) is 20.9 Å². The highest BCUT2D eigenvalue weighted by Crippen LogP contribution is 2.22. The van der Waals surface area contributed by atoms with Gasteiger partial charge in [-0.2, -0.15) is 5.10 Å². The van der Waals surface area contributed by atoms with E-state index in [1.54, 1.807) is 17.7 Å². The molecule has 0 saturated carbocycles. The van der Waals surface area contributed by atoms with Gasteiger partial charge in [-0.25, -0.2) is 4.98 Å². The number of carbonyl (C=O) groups excluding carboxylic acids is 1. The lowest BCUT2D eigenvalue weighted by molar-refractivity contribution is 0.0429. The Morgan fingerprint density at radius 2 is 2.08 bits per heavy atom. The Bertz CT molecular complexity index is 747. The summed E-state index contributed by atoms with van der Waals surface area (Å²) in [7, 11) is 1.82. The second-order valence-electron chi connectivity index (χ2n) is 7.33. The van der Waals surface area contributed by atoms with Crippen molar-refractivity contribution in [2.24, 2.45) is 13.0 Å². The topological polar surface area (TPSA) is 80.0 Å². The zero-order chi connectivity index (χ0) is 18.1. The van der Waals surface area contributed by atoms with Crippen molar-refractivity contribution in [2.45, 2.75) is 53.1 Å². The first kappa shape index (κ1) is 18.4. The number of hydrogen-bond donors (Lipinski definition) is 2. The number of aromatic nitrogens is 3. The van der Waals surface area contributed by atoms with Crippen molar-refractivity contribution in [3.63, 3.8) is 0 Å². The van der Waals surface area contributed by atoms with Gasteiger partial charge in [0.2, 0.25) is 0 Å². The number of aliphatic hydroxyl groups is 1. The first-order valence-electron chi connectivity index (χ1n) is 8.42. The molecule has 2 aromatic heterocycles. The van der Waals surface area contributed by atoms with Gasteiger partial charge in [0.05, 0.1) is 22.2 Å². The molecular formula is C18H28N4O2. The molecule has 2 N–H and O–H groups in total. The largest absolute Gasteiger partial charge is 0.388 e. The van der Waals surface area contributed by atoms with Crippen molar-refractivity contribution in [2.75, 3.05) is 6.54 Å². The van der Waals surface area contributed by atoms with E-state index in [1.165, 1.54) is 0 Å². The molecule has 0 aliphatic heterocycles. The Morgan fingerprint density at radius 3 is 2.71 bits per heavy atom. The van der Waals surface area contributed by atoms with Gasteiger partial charge in [0.15, 0.2) is 5.65 Å². The molecule has 0 bridgehead atoms. The molecule has 2 aromatic rings. The van der Waals surface area contributed by atoms with Gasteiger partial charge in [-0.1, -0.05) is 13.8 Å². The van der Waals surface area contributed by atoms with E-state index in [9.17, 15) is 9.90 Å². The Kier molecular flexibility index (Phi) is 5.28. The number of amides is 1. The summed E-state index contributed by atoms with van der Waals surface area (Å²) < 4.78 is 1.69. The molecule has 6 heteroatoms. The highest BCUT2D eigenvalue weighted by atomic mass is 16.3. The van der Waals surface area contributed by atoms with E-state index in [2.05, 4.69) is 29.2 Å². The summed E-state index contributed by atoms with van der Waals surface area (Å²) in [6.07, 6.45) is 1.57. The minimum absolute atomic E-state index is 0.202. The quantitative estimate of drug-likeness (QED) is 0.852. The summed E-state index contributed by atoms with van der Waals surface area (Å²) in [5, 5.41) is 18.4. The van der Waals surface area contributed by atoms with Gasteiger partial charge >= 0.3 is 0 Å². The number of fused-ring (bicyclic) bond motifs is 1. The molecule has 24 heavy (non-hydrogen) atoms. The molecule has 0 saturated heterocycles. The van der Waals surface area contributed by atoms with Crippen LogP contribution in [0.4, 0.5) is 0 Å². The molecule has 0 radical (unpaired) electrons. The summed E-state index contributed by atoms with van der Waals surface area (Å²) in [6.45, 7) is 9.96. The van der Waals surface area contributed by atoms with Crippen LogP contribution >= 0.6 is 0 Å². The third-order valence-electron chi connectivity index (χ3n) is 4.23. The van der Waals surface area contributed by atoms with E-state index >= 15 is 0 Å². The first-order chi connectivity index (χ1) is 11.1. The minimum atomic E-state index is -0.912. The number of rotatable bonds is 6. The van der Waals surface area contributed by atoms with E-state index in [4.69, 9.17) is 0 Å². The summed E-state index contributed by atoms with van der Waals surface area (Å²) in [4.78, 5) is 17.1. The third-order valence-corrected chi connectivity index (χ3v) is 4.23. The monoisotopic (exact) mass is 332 g/mol. The van der Waals surface area contributed by atoms with Crippen LogP contribution < -0.4 is 5.32 Å². The standard InChI is InChI=1S/C18H28N4O2/c1-11(2)7-8-18(5,24)10-19-17(23)14-9-12(3)20-16-15(14)13(4)21-22(16)6/h9,11,24H,7-8,10H2,1-6H3,(H,19,23). The van der Waals surface area contributed by atoms with Crippen molar-refractivity contribution in [3.8, 4) is 0 Å². The van der Waals surface area contributed by atoms with Crippen LogP contribution in [0.5, 0.6) is 0 Å². The number of hydrogen-bond acceptors (Lipinski definition) is 4. The van der Waals surface area contributed by atoms with Gasteiger partial charge < -0.3 is 10.4 Å². The van der Waals surface area contributed by atoms with Crippen molar-refractivity contribution in [1.82, 2.24) is 20.1 Å². The first-order valence-corrected chi connectivity index (χ1v) is 8.42. The second kappa shape index (κ2) is 6.89. The fourth-order valence-electron chi connectivity index (χ4n) is 2.80. The number of nitrogens with zero attached hydrogens (tertiary/aromatic N) is 3. The summed E-state index contributed by atoms with van der Waals surface area (Å²) in [6, 6.07) is 1.77. The van der Waals surface area contributed by atoms with E-state index in [0.717, 1.165) is 23.2 Å². The molecule has 0 aliphatic rings. The lowest BCUT2D eigenvalue weighted by Crippen LogP contribution is -2.40. The molecule has 132 valence electrons. The maximum Gasteiger partial charge on any atom is 0.252 e. The van der Waals surface area contributed by atoms with Gasteiger partial charge in [0, 0.05) is 19.3 Å². The van der Waals surface area contributed by atoms with Crippen LogP contribution in [0.25, 0.3) is 11.0 Å². The van der Waals surface area contributed by atoms with Crippen LogP contribution in [0, 0.1) is 19.8 Å². The lowest BCUT2D eigenvalue weighted by atomic mass is 9.95. The maximum atomic E-state index is 12.7. The molecule has 1 atom stereocenters. The Hall–Kier alpha value is -1.95. The van der Waals surface area contributed by atoms with Crippen molar-refractivity contribution >= 4 is 16.9 Å². The van der Waals surface area contributed by atoms with Crippen LogP contribution in [0.3, 0.4) is 0 Å². The normalized spacial score (nSPS) is 14.2. The Labute approximate surface area is 143 Å². The molecule has 2 heterocycles. The number of aryl methyl sites for hydroxylation is 3. The maximum absolute atomic E-state index is 12.7. The molecule has 6 nitrogen and oxygen atoms in total. The van der Waals surface area contributed by atoms with Crippen LogP contribution in [-0.2, 0) is 7.05 Å².